The number of carbonyl (C=O) groups excluding carboxylic acids is 1. The molecular formula is C26H23NO2. The van der Waals surface area contributed by atoms with Crippen LogP contribution in [0.3, 0.4) is 0 Å². The number of aromatic nitrogens is 1. The predicted molar refractivity (Wildman–Crippen MR) is 117 cm³/mol. The van der Waals surface area contributed by atoms with Crippen LogP contribution in [-0.2, 0) is 17.8 Å². The summed E-state index contributed by atoms with van der Waals surface area (Å²) in [6, 6.07) is 32.7. The van der Waals surface area contributed by atoms with Crippen molar-refractivity contribution < 1.29 is 9.53 Å². The van der Waals surface area contributed by atoms with Crippen LogP contribution in [0, 0.1) is 0 Å². The van der Waals surface area contributed by atoms with Gasteiger partial charge in [0.1, 0.15) is 12.0 Å². The van der Waals surface area contributed by atoms with Gasteiger partial charge in [0.15, 0.2) is 0 Å². The summed E-state index contributed by atoms with van der Waals surface area (Å²) >= 11 is 0. The Kier molecular flexibility index (Phi) is 5.87. The van der Waals surface area contributed by atoms with Crippen molar-refractivity contribution in [3.8, 4) is 28.3 Å². The Balaban J connectivity index is 1.50. The third-order valence-electron chi connectivity index (χ3n) is 4.96. The number of aldehydes is 1. The lowest BCUT2D eigenvalue weighted by Crippen LogP contribution is -2.03. The Bertz CT molecular complexity index is 1050. The largest absolute Gasteiger partial charge is 0.493 e. The zero-order valence-corrected chi connectivity index (χ0v) is 16.2. The molecule has 4 aromatic rings. The number of hydrogen-bond acceptors (Lipinski definition) is 2. The maximum absolute atomic E-state index is 11.3. The first kappa shape index (κ1) is 18.8. The fraction of sp³-hybridized carbons (Fsp3) is 0.115. The first-order chi connectivity index (χ1) is 14.3. The molecule has 0 saturated heterocycles. The summed E-state index contributed by atoms with van der Waals surface area (Å²) in [5.41, 5.74) is 5.48. The molecule has 0 amide bonds. The van der Waals surface area contributed by atoms with Gasteiger partial charge in [0.2, 0.25) is 0 Å². The lowest BCUT2D eigenvalue weighted by molar-refractivity contribution is -0.108. The molecule has 0 spiro atoms. The van der Waals surface area contributed by atoms with E-state index >= 15 is 0 Å². The molecule has 4 rings (SSSR count). The lowest BCUT2D eigenvalue weighted by Gasteiger charge is -2.12. The van der Waals surface area contributed by atoms with E-state index in [9.17, 15) is 4.79 Å². The number of nitrogens with zero attached hydrogens (tertiary/aromatic N) is 1. The zero-order valence-electron chi connectivity index (χ0n) is 16.2. The van der Waals surface area contributed by atoms with Crippen LogP contribution < -0.4 is 4.74 Å². The van der Waals surface area contributed by atoms with Crippen molar-refractivity contribution in [2.75, 3.05) is 6.61 Å². The topological polar surface area (TPSA) is 31.2 Å². The van der Waals surface area contributed by atoms with Gasteiger partial charge < -0.3 is 14.1 Å². The first-order valence-electron chi connectivity index (χ1n) is 9.81. The minimum absolute atomic E-state index is 0.321. The quantitative estimate of drug-likeness (QED) is 0.370. The fourth-order valence-corrected chi connectivity index (χ4v) is 3.51. The summed E-state index contributed by atoms with van der Waals surface area (Å²) in [6.45, 7) is 0.963. The van der Waals surface area contributed by atoms with Gasteiger partial charge in [0.05, 0.1) is 13.2 Å². The number of carbonyl (C=O) groups is 1. The van der Waals surface area contributed by atoms with E-state index < -0.39 is 0 Å². The van der Waals surface area contributed by atoms with Crippen LogP contribution in [-0.4, -0.2) is 17.5 Å². The van der Waals surface area contributed by atoms with E-state index in [0.29, 0.717) is 13.2 Å². The van der Waals surface area contributed by atoms with Gasteiger partial charge in [-0.25, -0.2) is 0 Å². The highest BCUT2D eigenvalue weighted by atomic mass is 16.5. The molecule has 0 unspecified atom stereocenters. The Morgan fingerprint density at radius 1 is 0.690 bits per heavy atom. The highest BCUT2D eigenvalue weighted by molar-refractivity contribution is 5.71. The molecule has 0 aliphatic carbocycles. The normalized spacial score (nSPS) is 10.6. The summed E-state index contributed by atoms with van der Waals surface area (Å²) in [4.78, 5) is 11.3. The van der Waals surface area contributed by atoms with Crippen molar-refractivity contribution in [2.24, 2.45) is 0 Å². The van der Waals surface area contributed by atoms with E-state index in [-0.39, 0.29) is 0 Å². The minimum Gasteiger partial charge on any atom is -0.493 e. The Hall–Kier alpha value is -3.59. The van der Waals surface area contributed by atoms with Crippen LogP contribution in [0.15, 0.2) is 97.1 Å². The molecule has 3 heteroatoms. The monoisotopic (exact) mass is 381 g/mol. The second kappa shape index (κ2) is 9.07. The van der Waals surface area contributed by atoms with Crippen LogP contribution in [0.4, 0.5) is 0 Å². The SMILES string of the molecule is O=CCn1c(-c2ccccc2)ccc1-c1ccc(OCCc2ccccc2)cc1. The van der Waals surface area contributed by atoms with Gasteiger partial charge in [-0.3, -0.25) is 0 Å². The van der Waals surface area contributed by atoms with Gasteiger partial charge in [-0.2, -0.15) is 0 Å². The van der Waals surface area contributed by atoms with Gasteiger partial charge in [0.25, 0.3) is 0 Å². The maximum atomic E-state index is 11.3. The van der Waals surface area contributed by atoms with Crippen molar-refractivity contribution in [2.45, 2.75) is 13.0 Å². The van der Waals surface area contributed by atoms with Crippen molar-refractivity contribution in [3.63, 3.8) is 0 Å². The van der Waals surface area contributed by atoms with Crippen LogP contribution in [0.2, 0.25) is 0 Å². The van der Waals surface area contributed by atoms with Crippen LogP contribution in [0.5, 0.6) is 5.75 Å². The maximum Gasteiger partial charge on any atom is 0.139 e. The number of hydrogen-bond donors (Lipinski definition) is 0. The molecule has 144 valence electrons. The average molecular weight is 381 g/mol. The third kappa shape index (κ3) is 4.46. The van der Waals surface area contributed by atoms with E-state index in [1.54, 1.807) is 0 Å². The van der Waals surface area contributed by atoms with E-state index in [1.165, 1.54) is 5.56 Å². The summed E-state index contributed by atoms with van der Waals surface area (Å²) in [6.07, 6.45) is 1.82. The lowest BCUT2D eigenvalue weighted by atomic mass is 10.1. The van der Waals surface area contributed by atoms with Gasteiger partial charge in [0, 0.05) is 17.8 Å². The fourth-order valence-electron chi connectivity index (χ4n) is 3.51. The molecule has 0 radical (unpaired) electrons. The molecule has 0 saturated carbocycles. The third-order valence-corrected chi connectivity index (χ3v) is 4.96. The van der Waals surface area contributed by atoms with E-state index in [2.05, 4.69) is 36.4 Å². The molecule has 0 aliphatic heterocycles. The van der Waals surface area contributed by atoms with Gasteiger partial charge in [-0.1, -0.05) is 60.7 Å². The molecule has 1 aromatic heterocycles. The summed E-state index contributed by atoms with van der Waals surface area (Å²) in [5.74, 6) is 0.849. The number of rotatable bonds is 8. The highest BCUT2D eigenvalue weighted by Crippen LogP contribution is 2.29. The van der Waals surface area contributed by atoms with Crippen molar-refractivity contribution in [1.29, 1.82) is 0 Å². The second-order valence-corrected chi connectivity index (χ2v) is 6.86. The van der Waals surface area contributed by atoms with Gasteiger partial charge in [-0.15, -0.1) is 0 Å². The molecule has 0 aliphatic rings. The predicted octanol–water partition coefficient (Wildman–Crippen LogP) is 5.64. The Morgan fingerprint density at radius 3 is 1.90 bits per heavy atom. The Labute approximate surface area is 171 Å². The molecule has 1 heterocycles. The number of benzene rings is 3. The average Bonchev–Trinajstić information content (AvgIpc) is 3.19. The molecule has 29 heavy (non-hydrogen) atoms. The van der Waals surface area contributed by atoms with Crippen LogP contribution in [0.25, 0.3) is 22.5 Å². The van der Waals surface area contributed by atoms with Crippen molar-refractivity contribution >= 4 is 6.29 Å². The first-order valence-corrected chi connectivity index (χ1v) is 9.81. The molecule has 3 aromatic carbocycles. The van der Waals surface area contributed by atoms with Gasteiger partial charge >= 0.3 is 0 Å². The van der Waals surface area contributed by atoms with Crippen LogP contribution >= 0.6 is 0 Å². The molecule has 0 atom stereocenters. The number of ether oxygens (including phenoxy) is 1. The van der Waals surface area contributed by atoms with Crippen molar-refractivity contribution in [3.05, 3.63) is 103 Å². The van der Waals surface area contributed by atoms with Crippen LogP contribution in [0.1, 0.15) is 5.56 Å². The zero-order chi connectivity index (χ0) is 19.9. The molecule has 3 nitrogen and oxygen atoms in total. The van der Waals surface area contributed by atoms with E-state index in [4.69, 9.17) is 4.74 Å². The molecule has 0 fully saturated rings. The van der Waals surface area contributed by atoms with E-state index in [0.717, 1.165) is 41.0 Å². The van der Waals surface area contributed by atoms with Crippen molar-refractivity contribution in [1.82, 2.24) is 4.57 Å². The smallest absolute Gasteiger partial charge is 0.139 e. The van der Waals surface area contributed by atoms with Gasteiger partial charge in [-0.05, 0) is 53.1 Å². The molecule has 0 bridgehead atoms. The van der Waals surface area contributed by atoms with E-state index in [1.807, 2.05) is 65.2 Å². The summed E-state index contributed by atoms with van der Waals surface area (Å²) in [7, 11) is 0. The molecule has 0 N–H and O–H groups in total. The molecular weight excluding hydrogens is 358 g/mol. The minimum atomic E-state index is 0.321. The Morgan fingerprint density at radius 2 is 1.28 bits per heavy atom. The summed E-state index contributed by atoms with van der Waals surface area (Å²) in [5, 5.41) is 0. The summed E-state index contributed by atoms with van der Waals surface area (Å²) < 4.78 is 7.94. The second-order valence-electron chi connectivity index (χ2n) is 6.86. The standard InChI is InChI=1S/C26H23NO2/c28-19-18-27-25(22-9-5-2-6-10-22)15-16-26(27)23-11-13-24(14-12-23)29-20-17-21-7-3-1-4-8-21/h1-16,19H,17-18,20H2. The highest BCUT2D eigenvalue weighted by Gasteiger charge is 2.11.